The average Bonchev–Trinajstić information content (AvgIpc) is 3.06. The highest BCUT2D eigenvalue weighted by Crippen LogP contribution is 2.34. The van der Waals surface area contributed by atoms with Crippen LogP contribution in [0.4, 0.5) is 0 Å². The highest BCUT2D eigenvalue weighted by molar-refractivity contribution is 6.35. The molecule has 0 saturated heterocycles. The molecular weight excluding hydrogens is 395 g/mol. The van der Waals surface area contributed by atoms with Gasteiger partial charge in [0.05, 0.1) is 22.6 Å². The Kier molecular flexibility index (Phi) is 6.10. The summed E-state index contributed by atoms with van der Waals surface area (Å²) < 4.78 is 7.89. The van der Waals surface area contributed by atoms with Gasteiger partial charge in [-0.2, -0.15) is 0 Å². The summed E-state index contributed by atoms with van der Waals surface area (Å²) in [6, 6.07) is 13.2. The Bertz CT molecular complexity index is 951. The first kappa shape index (κ1) is 19.6. The monoisotopic (exact) mass is 418 g/mol. The summed E-state index contributed by atoms with van der Waals surface area (Å²) in [5.74, 6) is 2.07. The van der Waals surface area contributed by atoms with Gasteiger partial charge in [-0.25, -0.2) is 4.98 Å². The number of aromatic nitrogens is 2. The Balaban J connectivity index is 1.52. The van der Waals surface area contributed by atoms with Crippen LogP contribution in [0.2, 0.25) is 10.0 Å². The minimum absolute atomic E-state index is 0.151. The lowest BCUT2D eigenvalue weighted by molar-refractivity contribution is 0.0922. The van der Waals surface area contributed by atoms with Crippen LogP contribution in [0.3, 0.4) is 0 Å². The number of hydrogen-bond donors (Lipinski definition) is 1. The molecule has 1 fully saturated rings. The largest absolute Gasteiger partial charge is 0.489 e. The predicted octanol–water partition coefficient (Wildman–Crippen LogP) is 5.83. The molecule has 28 heavy (non-hydrogen) atoms. The standard InChI is InChI=1S/C22H24Cl2N2O2/c23-16-10-11-21(18(24)12-16)28-14-17(27)13-26-20-9-5-4-8-19(20)25-22(26)15-6-2-1-3-7-15/h4-5,8-12,15,17,27H,1-3,6-7,13-14H2. The minimum atomic E-state index is -0.674. The maximum atomic E-state index is 10.7. The van der Waals surface area contributed by atoms with E-state index < -0.39 is 6.10 Å². The van der Waals surface area contributed by atoms with Crippen LogP contribution in [0.15, 0.2) is 42.5 Å². The summed E-state index contributed by atoms with van der Waals surface area (Å²) in [5.41, 5.74) is 2.04. The van der Waals surface area contributed by atoms with Crippen LogP contribution in [0.1, 0.15) is 43.8 Å². The van der Waals surface area contributed by atoms with Crippen LogP contribution in [0.25, 0.3) is 11.0 Å². The molecule has 0 amide bonds. The minimum Gasteiger partial charge on any atom is -0.489 e. The van der Waals surface area contributed by atoms with Crippen molar-refractivity contribution in [3.05, 3.63) is 58.3 Å². The maximum absolute atomic E-state index is 10.7. The van der Waals surface area contributed by atoms with E-state index in [-0.39, 0.29) is 6.61 Å². The fraction of sp³-hybridized carbons (Fsp3) is 0.409. The fourth-order valence-electron chi connectivity index (χ4n) is 4.00. The van der Waals surface area contributed by atoms with Crippen LogP contribution >= 0.6 is 23.2 Å². The van der Waals surface area contributed by atoms with Crippen molar-refractivity contribution in [2.75, 3.05) is 6.61 Å². The van der Waals surface area contributed by atoms with E-state index in [9.17, 15) is 5.11 Å². The van der Waals surface area contributed by atoms with Crippen LogP contribution < -0.4 is 4.74 Å². The van der Waals surface area contributed by atoms with Gasteiger partial charge in [0.1, 0.15) is 24.3 Å². The molecule has 1 aliphatic rings. The summed E-state index contributed by atoms with van der Waals surface area (Å²) in [6.45, 7) is 0.593. The summed E-state index contributed by atoms with van der Waals surface area (Å²) in [7, 11) is 0. The zero-order chi connectivity index (χ0) is 19.5. The molecule has 4 nitrogen and oxygen atoms in total. The Morgan fingerprint density at radius 1 is 1.11 bits per heavy atom. The summed E-state index contributed by atoms with van der Waals surface area (Å²) in [4.78, 5) is 4.91. The molecule has 3 aromatic rings. The molecule has 1 unspecified atom stereocenters. The molecule has 6 heteroatoms. The molecule has 1 aliphatic carbocycles. The van der Waals surface area contributed by atoms with Crippen molar-refractivity contribution in [3.63, 3.8) is 0 Å². The first-order valence-electron chi connectivity index (χ1n) is 9.83. The Labute approximate surface area is 175 Å². The van der Waals surface area contributed by atoms with E-state index in [1.54, 1.807) is 18.2 Å². The molecule has 1 N–H and O–H groups in total. The van der Waals surface area contributed by atoms with Gasteiger partial charge in [0.25, 0.3) is 0 Å². The van der Waals surface area contributed by atoms with Crippen LogP contribution in [-0.4, -0.2) is 27.4 Å². The van der Waals surface area contributed by atoms with Crippen molar-refractivity contribution in [2.45, 2.75) is 50.7 Å². The Hall–Kier alpha value is -1.75. The molecule has 0 aliphatic heterocycles. The predicted molar refractivity (Wildman–Crippen MR) is 114 cm³/mol. The number of hydrogen-bond acceptors (Lipinski definition) is 3. The maximum Gasteiger partial charge on any atom is 0.138 e. The van der Waals surface area contributed by atoms with Gasteiger partial charge in [-0.05, 0) is 43.2 Å². The number of nitrogens with zero attached hydrogens (tertiary/aromatic N) is 2. The smallest absolute Gasteiger partial charge is 0.138 e. The van der Waals surface area contributed by atoms with Crippen molar-refractivity contribution in [1.82, 2.24) is 9.55 Å². The van der Waals surface area contributed by atoms with Gasteiger partial charge in [0, 0.05) is 10.9 Å². The van der Waals surface area contributed by atoms with E-state index in [1.807, 2.05) is 18.2 Å². The number of ether oxygens (including phenoxy) is 1. The lowest BCUT2D eigenvalue weighted by atomic mass is 9.88. The SMILES string of the molecule is OC(COc1ccc(Cl)cc1Cl)Cn1c(C2CCCCC2)nc2ccccc21. The number of para-hydroxylation sites is 2. The van der Waals surface area contributed by atoms with Crippen molar-refractivity contribution >= 4 is 34.2 Å². The Morgan fingerprint density at radius 2 is 1.89 bits per heavy atom. The second-order valence-electron chi connectivity index (χ2n) is 7.44. The van der Waals surface area contributed by atoms with Gasteiger partial charge in [-0.3, -0.25) is 0 Å². The molecule has 4 rings (SSSR count). The van der Waals surface area contributed by atoms with E-state index in [0.29, 0.717) is 28.3 Å². The van der Waals surface area contributed by atoms with Gasteiger partial charge < -0.3 is 14.4 Å². The molecule has 148 valence electrons. The number of imidazole rings is 1. The van der Waals surface area contributed by atoms with Crippen molar-refractivity contribution in [3.8, 4) is 5.75 Å². The third-order valence-electron chi connectivity index (χ3n) is 5.37. The van der Waals surface area contributed by atoms with E-state index >= 15 is 0 Å². The summed E-state index contributed by atoms with van der Waals surface area (Å²) >= 11 is 12.1. The molecule has 0 bridgehead atoms. The number of aliphatic hydroxyl groups excluding tert-OH is 1. The van der Waals surface area contributed by atoms with E-state index in [0.717, 1.165) is 29.7 Å². The van der Waals surface area contributed by atoms with Gasteiger partial charge >= 0.3 is 0 Å². The quantitative estimate of drug-likeness (QED) is 0.547. The molecule has 2 aromatic carbocycles. The number of benzene rings is 2. The third-order valence-corrected chi connectivity index (χ3v) is 5.90. The van der Waals surface area contributed by atoms with E-state index in [1.165, 1.54) is 19.3 Å². The highest BCUT2D eigenvalue weighted by atomic mass is 35.5. The molecule has 1 heterocycles. The first-order chi connectivity index (χ1) is 13.6. The number of rotatable bonds is 6. The van der Waals surface area contributed by atoms with Crippen LogP contribution in [0, 0.1) is 0 Å². The molecule has 1 atom stereocenters. The van der Waals surface area contributed by atoms with Crippen LogP contribution in [0.5, 0.6) is 5.75 Å². The number of aliphatic hydroxyl groups is 1. The van der Waals surface area contributed by atoms with Gasteiger partial charge in [0.15, 0.2) is 0 Å². The zero-order valence-electron chi connectivity index (χ0n) is 15.7. The number of halogens is 2. The topological polar surface area (TPSA) is 47.3 Å². The molecule has 0 radical (unpaired) electrons. The molecular formula is C22H24Cl2N2O2. The molecule has 1 saturated carbocycles. The van der Waals surface area contributed by atoms with Crippen molar-refractivity contribution in [1.29, 1.82) is 0 Å². The lowest BCUT2D eigenvalue weighted by Crippen LogP contribution is -2.25. The highest BCUT2D eigenvalue weighted by Gasteiger charge is 2.23. The van der Waals surface area contributed by atoms with E-state index in [4.69, 9.17) is 32.9 Å². The van der Waals surface area contributed by atoms with Crippen LogP contribution in [-0.2, 0) is 6.54 Å². The summed E-state index contributed by atoms with van der Waals surface area (Å²) in [5, 5.41) is 11.7. The van der Waals surface area contributed by atoms with E-state index in [2.05, 4.69) is 10.6 Å². The van der Waals surface area contributed by atoms with Crippen molar-refractivity contribution < 1.29 is 9.84 Å². The average molecular weight is 419 g/mol. The molecule has 0 spiro atoms. The summed E-state index contributed by atoms with van der Waals surface area (Å²) in [6.07, 6.45) is 5.44. The van der Waals surface area contributed by atoms with Gasteiger partial charge in [-0.1, -0.05) is 54.6 Å². The third kappa shape index (κ3) is 4.29. The lowest BCUT2D eigenvalue weighted by Gasteiger charge is -2.23. The zero-order valence-corrected chi connectivity index (χ0v) is 17.2. The fourth-order valence-corrected chi connectivity index (χ4v) is 4.46. The molecule has 1 aromatic heterocycles. The second kappa shape index (κ2) is 8.73. The Morgan fingerprint density at radius 3 is 2.68 bits per heavy atom. The second-order valence-corrected chi connectivity index (χ2v) is 8.29. The van der Waals surface area contributed by atoms with Gasteiger partial charge in [-0.15, -0.1) is 0 Å². The first-order valence-corrected chi connectivity index (χ1v) is 10.6. The number of fused-ring (bicyclic) bond motifs is 1. The normalized spacial score (nSPS) is 16.4. The van der Waals surface area contributed by atoms with Crippen molar-refractivity contribution in [2.24, 2.45) is 0 Å². The van der Waals surface area contributed by atoms with Gasteiger partial charge in [0.2, 0.25) is 0 Å².